The Labute approximate surface area is 59.2 Å². The van der Waals surface area contributed by atoms with E-state index in [0.29, 0.717) is 13.0 Å². The lowest BCUT2D eigenvalue weighted by Gasteiger charge is -2.03. The lowest BCUT2D eigenvalue weighted by atomic mass is 10.2. The van der Waals surface area contributed by atoms with Gasteiger partial charge in [0.1, 0.15) is 6.04 Å². The van der Waals surface area contributed by atoms with Crippen LogP contribution in [0.1, 0.15) is 6.42 Å². The summed E-state index contributed by atoms with van der Waals surface area (Å²) in [6, 6.07) is -0.412. The van der Waals surface area contributed by atoms with Gasteiger partial charge < -0.3 is 15.2 Å². The molecule has 0 aromatic heterocycles. The van der Waals surface area contributed by atoms with Crippen LogP contribution >= 0.6 is 0 Å². The van der Waals surface area contributed by atoms with Crippen molar-refractivity contribution in [1.82, 2.24) is 5.32 Å². The number of carboxylic acids is 1. The monoisotopic (exact) mass is 145 g/mol. The van der Waals surface area contributed by atoms with Crippen molar-refractivity contribution >= 4 is 5.97 Å². The molecule has 1 saturated heterocycles. The molecule has 0 bridgehead atoms. The molecule has 10 heavy (non-hydrogen) atoms. The molecule has 0 saturated carbocycles. The fraction of sp³-hybridized carbons (Fsp3) is 0.833. The van der Waals surface area contributed by atoms with Gasteiger partial charge in [0.25, 0.3) is 0 Å². The Morgan fingerprint density at radius 2 is 2.50 bits per heavy atom. The molecule has 1 heterocycles. The molecule has 1 fully saturated rings. The molecule has 1 aliphatic heterocycles. The molecule has 0 aromatic rings. The minimum atomic E-state index is -0.792. The quantitative estimate of drug-likeness (QED) is 0.547. The van der Waals surface area contributed by atoms with Gasteiger partial charge in [0, 0.05) is 20.1 Å². The van der Waals surface area contributed by atoms with Crippen LogP contribution in [0.2, 0.25) is 0 Å². The number of hydrogen-bond donors (Lipinski definition) is 2. The van der Waals surface area contributed by atoms with Crippen molar-refractivity contribution in [1.29, 1.82) is 0 Å². The van der Waals surface area contributed by atoms with Gasteiger partial charge in [-0.2, -0.15) is 0 Å². The Bertz CT molecular complexity index is 137. The fourth-order valence-corrected chi connectivity index (χ4v) is 1.07. The lowest BCUT2D eigenvalue weighted by molar-refractivity contribution is -0.139. The summed E-state index contributed by atoms with van der Waals surface area (Å²) in [5.74, 6) is -0.792. The lowest BCUT2D eigenvalue weighted by Crippen LogP contribution is -2.29. The Morgan fingerprint density at radius 3 is 2.80 bits per heavy atom. The van der Waals surface area contributed by atoms with Crippen LogP contribution in [0.5, 0.6) is 0 Å². The minimum Gasteiger partial charge on any atom is -0.480 e. The number of hydrogen-bond acceptors (Lipinski definition) is 3. The summed E-state index contributed by atoms with van der Waals surface area (Å²) < 4.78 is 4.97. The van der Waals surface area contributed by atoms with E-state index < -0.39 is 12.0 Å². The van der Waals surface area contributed by atoms with Crippen LogP contribution < -0.4 is 5.32 Å². The zero-order valence-corrected chi connectivity index (χ0v) is 5.83. The first-order valence-electron chi connectivity index (χ1n) is 3.23. The number of nitrogens with one attached hydrogen (secondary N) is 1. The molecule has 0 spiro atoms. The normalized spacial score (nSPS) is 32.5. The standard InChI is InChI=1S/C6H11NO3/c1-10-4-2-5(6(8)9)7-3-4/h4-5,7H,2-3H2,1H3,(H,8,9). The number of carboxylic acid groups (broad SMARTS) is 1. The largest absolute Gasteiger partial charge is 0.480 e. The third kappa shape index (κ3) is 1.46. The van der Waals surface area contributed by atoms with Crippen LogP contribution in [0.15, 0.2) is 0 Å². The highest BCUT2D eigenvalue weighted by atomic mass is 16.5. The summed E-state index contributed by atoms with van der Waals surface area (Å²) in [6.45, 7) is 0.646. The molecular formula is C6H11NO3. The molecule has 4 heteroatoms. The minimum absolute atomic E-state index is 0.0705. The maximum atomic E-state index is 10.3. The number of rotatable bonds is 2. The van der Waals surface area contributed by atoms with Gasteiger partial charge >= 0.3 is 5.97 Å². The molecule has 2 unspecified atom stereocenters. The average molecular weight is 145 g/mol. The topological polar surface area (TPSA) is 58.6 Å². The van der Waals surface area contributed by atoms with Gasteiger partial charge in [-0.3, -0.25) is 4.79 Å². The molecule has 1 aliphatic rings. The van der Waals surface area contributed by atoms with E-state index in [9.17, 15) is 4.79 Å². The fourth-order valence-electron chi connectivity index (χ4n) is 1.07. The molecule has 0 radical (unpaired) electrons. The molecule has 0 aliphatic carbocycles. The SMILES string of the molecule is COC1CNC(C(=O)O)C1. The molecule has 2 atom stereocenters. The first-order chi connectivity index (χ1) is 4.74. The predicted octanol–water partition coefficient (Wildman–Crippen LogP) is -0.552. The van der Waals surface area contributed by atoms with E-state index in [1.54, 1.807) is 7.11 Å². The van der Waals surface area contributed by atoms with Gasteiger partial charge in [0.2, 0.25) is 0 Å². The highest BCUT2D eigenvalue weighted by Crippen LogP contribution is 2.08. The Kier molecular flexibility index (Phi) is 2.24. The second-order valence-corrected chi connectivity index (χ2v) is 2.39. The number of aliphatic carboxylic acids is 1. The summed E-state index contributed by atoms with van der Waals surface area (Å²) in [4.78, 5) is 10.3. The Balaban J connectivity index is 2.35. The van der Waals surface area contributed by atoms with Crippen molar-refractivity contribution in [2.75, 3.05) is 13.7 Å². The molecular weight excluding hydrogens is 134 g/mol. The van der Waals surface area contributed by atoms with E-state index in [1.807, 2.05) is 0 Å². The van der Waals surface area contributed by atoms with Crippen molar-refractivity contribution < 1.29 is 14.6 Å². The summed E-state index contributed by atoms with van der Waals surface area (Å²) >= 11 is 0. The number of carbonyl (C=O) groups is 1. The second kappa shape index (κ2) is 2.98. The molecule has 2 N–H and O–H groups in total. The van der Waals surface area contributed by atoms with E-state index >= 15 is 0 Å². The summed E-state index contributed by atoms with van der Waals surface area (Å²) in [7, 11) is 1.59. The molecule has 0 amide bonds. The van der Waals surface area contributed by atoms with Crippen LogP contribution in [0.3, 0.4) is 0 Å². The zero-order chi connectivity index (χ0) is 7.56. The van der Waals surface area contributed by atoms with Gasteiger partial charge in [0.15, 0.2) is 0 Å². The van der Waals surface area contributed by atoms with Crippen molar-refractivity contribution in [3.63, 3.8) is 0 Å². The van der Waals surface area contributed by atoms with E-state index in [0.717, 1.165) is 0 Å². The highest BCUT2D eigenvalue weighted by Gasteiger charge is 2.28. The highest BCUT2D eigenvalue weighted by molar-refractivity contribution is 5.73. The van der Waals surface area contributed by atoms with Crippen molar-refractivity contribution in [3.8, 4) is 0 Å². The maximum Gasteiger partial charge on any atom is 0.320 e. The first kappa shape index (κ1) is 7.50. The van der Waals surface area contributed by atoms with Gasteiger partial charge in [-0.25, -0.2) is 0 Å². The van der Waals surface area contributed by atoms with Crippen LogP contribution in [0, 0.1) is 0 Å². The number of methoxy groups -OCH3 is 1. The van der Waals surface area contributed by atoms with Crippen LogP contribution in [-0.4, -0.2) is 36.9 Å². The van der Waals surface area contributed by atoms with Crippen molar-refractivity contribution in [2.45, 2.75) is 18.6 Å². The van der Waals surface area contributed by atoms with Gasteiger partial charge in [0.05, 0.1) is 6.10 Å². The summed E-state index contributed by atoms with van der Waals surface area (Å²) in [5.41, 5.74) is 0. The number of ether oxygens (including phenoxy) is 1. The molecule has 4 nitrogen and oxygen atoms in total. The van der Waals surface area contributed by atoms with E-state index in [2.05, 4.69) is 5.32 Å². The molecule has 0 aromatic carbocycles. The molecule has 1 rings (SSSR count). The van der Waals surface area contributed by atoms with Crippen LogP contribution in [0.4, 0.5) is 0 Å². The van der Waals surface area contributed by atoms with Crippen molar-refractivity contribution in [2.24, 2.45) is 0 Å². The smallest absolute Gasteiger partial charge is 0.320 e. The van der Waals surface area contributed by atoms with Crippen molar-refractivity contribution in [3.05, 3.63) is 0 Å². The second-order valence-electron chi connectivity index (χ2n) is 2.39. The summed E-state index contributed by atoms with van der Waals surface area (Å²) in [6.07, 6.45) is 0.646. The molecule has 58 valence electrons. The predicted molar refractivity (Wildman–Crippen MR) is 34.8 cm³/mol. The average Bonchev–Trinajstić information content (AvgIpc) is 2.34. The summed E-state index contributed by atoms with van der Waals surface area (Å²) in [5, 5.41) is 11.3. The zero-order valence-electron chi connectivity index (χ0n) is 5.83. The Hall–Kier alpha value is -0.610. The van der Waals surface area contributed by atoms with E-state index in [4.69, 9.17) is 9.84 Å². The van der Waals surface area contributed by atoms with Crippen LogP contribution in [-0.2, 0) is 9.53 Å². The van der Waals surface area contributed by atoms with E-state index in [1.165, 1.54) is 0 Å². The Morgan fingerprint density at radius 1 is 1.80 bits per heavy atom. The van der Waals surface area contributed by atoms with Gasteiger partial charge in [-0.1, -0.05) is 0 Å². The van der Waals surface area contributed by atoms with Gasteiger partial charge in [-0.15, -0.1) is 0 Å². The third-order valence-electron chi connectivity index (χ3n) is 1.72. The maximum absolute atomic E-state index is 10.3. The van der Waals surface area contributed by atoms with Crippen LogP contribution in [0.25, 0.3) is 0 Å². The third-order valence-corrected chi connectivity index (χ3v) is 1.72. The van der Waals surface area contributed by atoms with E-state index in [-0.39, 0.29) is 6.10 Å². The first-order valence-corrected chi connectivity index (χ1v) is 3.23. The van der Waals surface area contributed by atoms with Gasteiger partial charge in [-0.05, 0) is 0 Å².